The summed E-state index contributed by atoms with van der Waals surface area (Å²) in [6.45, 7) is 6.79. The van der Waals surface area contributed by atoms with Crippen LogP contribution in [0.5, 0.6) is 11.5 Å². The number of rotatable bonds is 10. The Labute approximate surface area is 296 Å². The second-order valence-corrected chi connectivity index (χ2v) is 18.3. The molecule has 2 aromatic rings. The van der Waals surface area contributed by atoms with Crippen molar-refractivity contribution in [2.45, 2.75) is 145 Å². The SMILES string of the molecule is c1cc2c(cc1OCCCOc1ccc3c(c1)[C@@]14CCCC[C@H]1[C@@H](C3)N(CC1CCC1)CC4)[C@@]13CCCC[C@H]1[C@@H](C2)N(CC1CCC1)CC3. The van der Waals surface area contributed by atoms with Crippen molar-refractivity contribution in [1.29, 1.82) is 0 Å². The van der Waals surface area contributed by atoms with E-state index in [1.54, 1.807) is 22.3 Å². The summed E-state index contributed by atoms with van der Waals surface area (Å²) in [6, 6.07) is 16.0. The Morgan fingerprint density at radius 1 is 0.551 bits per heavy atom. The minimum Gasteiger partial charge on any atom is -0.493 e. The number of ether oxygens (including phenoxy) is 2. The Hall–Kier alpha value is -2.04. The van der Waals surface area contributed by atoms with Crippen molar-refractivity contribution in [2.75, 3.05) is 39.4 Å². The fourth-order valence-corrected chi connectivity index (χ4v) is 13.2. The third kappa shape index (κ3) is 5.42. The van der Waals surface area contributed by atoms with E-state index in [9.17, 15) is 0 Å². The van der Waals surface area contributed by atoms with Gasteiger partial charge >= 0.3 is 0 Å². The second-order valence-electron chi connectivity index (χ2n) is 18.3. The topological polar surface area (TPSA) is 24.9 Å². The zero-order valence-electron chi connectivity index (χ0n) is 30.3. The first-order valence-electron chi connectivity index (χ1n) is 21.2. The highest BCUT2D eigenvalue weighted by molar-refractivity contribution is 5.47. The van der Waals surface area contributed by atoms with Gasteiger partial charge in [-0.25, -0.2) is 0 Å². The number of hydrogen-bond acceptors (Lipinski definition) is 4. The molecular weight excluding hydrogens is 601 g/mol. The molecule has 0 aromatic heterocycles. The third-order valence-electron chi connectivity index (χ3n) is 16.1. The van der Waals surface area contributed by atoms with E-state index in [0.717, 1.165) is 66.9 Å². The van der Waals surface area contributed by atoms with Gasteiger partial charge in [-0.3, -0.25) is 9.80 Å². The summed E-state index contributed by atoms with van der Waals surface area (Å²) in [5.41, 5.74) is 7.36. The van der Waals surface area contributed by atoms with Gasteiger partial charge in [-0.2, -0.15) is 0 Å². The van der Waals surface area contributed by atoms with Gasteiger partial charge in [-0.05, 0) is 160 Å². The van der Waals surface area contributed by atoms with Crippen molar-refractivity contribution in [3.8, 4) is 11.5 Å². The van der Waals surface area contributed by atoms with Crippen LogP contribution in [0.15, 0.2) is 36.4 Å². The fraction of sp³-hybridized carbons (Fsp3) is 0.733. The van der Waals surface area contributed by atoms with Crippen LogP contribution in [0, 0.1) is 23.7 Å². The molecule has 0 radical (unpaired) electrons. The van der Waals surface area contributed by atoms with Gasteiger partial charge in [0.15, 0.2) is 0 Å². The third-order valence-corrected chi connectivity index (χ3v) is 16.1. The molecule has 0 amide bonds. The number of benzene rings is 2. The minimum atomic E-state index is 0.394. The van der Waals surface area contributed by atoms with Gasteiger partial charge in [-0.15, -0.1) is 0 Å². The Morgan fingerprint density at radius 3 is 1.49 bits per heavy atom. The molecule has 6 atom stereocenters. The van der Waals surface area contributed by atoms with Crippen molar-refractivity contribution in [2.24, 2.45) is 23.7 Å². The highest BCUT2D eigenvalue weighted by atomic mass is 16.5. The lowest BCUT2D eigenvalue weighted by Gasteiger charge is -2.59. The van der Waals surface area contributed by atoms with E-state index in [4.69, 9.17) is 9.47 Å². The highest BCUT2D eigenvalue weighted by Gasteiger charge is 2.55. The molecule has 10 rings (SSSR count). The van der Waals surface area contributed by atoms with E-state index in [1.807, 2.05) is 0 Å². The van der Waals surface area contributed by atoms with Crippen LogP contribution in [-0.2, 0) is 23.7 Å². The molecule has 49 heavy (non-hydrogen) atoms. The van der Waals surface area contributed by atoms with Gasteiger partial charge < -0.3 is 9.47 Å². The van der Waals surface area contributed by atoms with Crippen LogP contribution in [-0.4, -0.2) is 61.3 Å². The Bertz CT molecular complexity index is 1400. The predicted octanol–water partition coefficient (Wildman–Crippen LogP) is 9.25. The maximum atomic E-state index is 6.49. The zero-order chi connectivity index (χ0) is 32.4. The number of piperidine rings is 2. The lowest BCUT2D eigenvalue weighted by molar-refractivity contribution is -0.0241. The van der Waals surface area contributed by atoms with E-state index in [1.165, 1.54) is 142 Å². The molecule has 0 N–H and O–H groups in total. The fourth-order valence-electron chi connectivity index (χ4n) is 13.2. The van der Waals surface area contributed by atoms with Crippen LogP contribution in [0.4, 0.5) is 0 Å². The molecule has 4 heteroatoms. The molecule has 4 bridgehead atoms. The first-order valence-corrected chi connectivity index (χ1v) is 21.2. The van der Waals surface area contributed by atoms with E-state index >= 15 is 0 Å². The largest absolute Gasteiger partial charge is 0.493 e. The Kier molecular flexibility index (Phi) is 8.32. The standard InChI is InChI=1S/C45H62N2O2/c1-3-18-44-20-22-46(30-32-8-5-9-32)42(38(44)12-1)26-34-14-16-36(28-40(34)44)48-24-7-25-49-37-17-15-35-27-43-39-13-2-4-19-45(39,41(35)29-37)21-23-47(43)31-33-10-6-11-33/h14-17,28-29,32-33,38-39,42-43H,1-13,18-27,30-31H2/t38-,39-,42+,43+,44+,45+/m0/s1. The first kappa shape index (κ1) is 31.7. The van der Waals surface area contributed by atoms with Crippen molar-refractivity contribution in [3.05, 3.63) is 58.7 Å². The van der Waals surface area contributed by atoms with Crippen LogP contribution in [0.2, 0.25) is 0 Å². The first-order chi connectivity index (χ1) is 24.2. The average Bonchev–Trinajstić information content (AvgIpc) is 3.09. The summed E-state index contributed by atoms with van der Waals surface area (Å²) in [5, 5.41) is 0. The van der Waals surface area contributed by atoms with Gasteiger partial charge in [0.25, 0.3) is 0 Å². The van der Waals surface area contributed by atoms with Crippen molar-refractivity contribution in [3.63, 3.8) is 0 Å². The summed E-state index contributed by atoms with van der Waals surface area (Å²) in [7, 11) is 0. The maximum absolute atomic E-state index is 6.49. The van der Waals surface area contributed by atoms with Crippen LogP contribution >= 0.6 is 0 Å². The zero-order valence-corrected chi connectivity index (χ0v) is 30.3. The monoisotopic (exact) mass is 662 g/mol. The smallest absolute Gasteiger partial charge is 0.119 e. The van der Waals surface area contributed by atoms with Crippen molar-refractivity contribution < 1.29 is 9.47 Å². The predicted molar refractivity (Wildman–Crippen MR) is 198 cm³/mol. The molecule has 4 nitrogen and oxygen atoms in total. The van der Waals surface area contributed by atoms with Crippen LogP contribution in [0.25, 0.3) is 0 Å². The van der Waals surface area contributed by atoms with Gasteiger partial charge in [-0.1, -0.05) is 50.7 Å². The van der Waals surface area contributed by atoms with Gasteiger partial charge in [0, 0.05) is 42.4 Å². The molecule has 0 unspecified atom stereocenters. The van der Waals surface area contributed by atoms with E-state index < -0.39 is 0 Å². The number of nitrogens with zero attached hydrogens (tertiary/aromatic N) is 2. The Morgan fingerprint density at radius 2 is 1.04 bits per heavy atom. The number of likely N-dealkylation sites (tertiary alicyclic amines) is 2. The number of hydrogen-bond donors (Lipinski definition) is 0. The molecule has 2 saturated heterocycles. The van der Waals surface area contributed by atoms with Crippen molar-refractivity contribution >= 4 is 0 Å². The van der Waals surface area contributed by atoms with E-state index in [0.29, 0.717) is 10.8 Å². The highest BCUT2D eigenvalue weighted by Crippen LogP contribution is 2.58. The summed E-state index contributed by atoms with van der Waals surface area (Å²) >= 11 is 0. The maximum Gasteiger partial charge on any atom is 0.119 e. The van der Waals surface area contributed by atoms with Crippen LogP contribution < -0.4 is 9.47 Å². The quantitative estimate of drug-likeness (QED) is 0.237. The molecule has 6 aliphatic carbocycles. The normalized spacial score (nSPS) is 35.6. The summed E-state index contributed by atoms with van der Waals surface area (Å²) in [6.07, 6.45) is 26.2. The molecular formula is C45H62N2O2. The summed E-state index contributed by atoms with van der Waals surface area (Å²) in [4.78, 5) is 5.88. The molecule has 0 spiro atoms. The number of fused-ring (bicyclic) bond motifs is 2. The molecule has 4 saturated carbocycles. The molecule has 2 aliphatic heterocycles. The minimum absolute atomic E-state index is 0.394. The average molecular weight is 663 g/mol. The molecule has 264 valence electrons. The Balaban J connectivity index is 0.781. The lowest BCUT2D eigenvalue weighted by Crippen LogP contribution is -2.61. The second kappa shape index (κ2) is 12.9. The molecule has 8 aliphatic rings. The molecule has 2 aromatic carbocycles. The molecule has 2 heterocycles. The van der Waals surface area contributed by atoms with E-state index in [-0.39, 0.29) is 0 Å². The summed E-state index contributed by atoms with van der Waals surface area (Å²) < 4.78 is 13.0. The van der Waals surface area contributed by atoms with Gasteiger partial charge in [0.2, 0.25) is 0 Å². The van der Waals surface area contributed by atoms with Gasteiger partial charge in [0.1, 0.15) is 11.5 Å². The van der Waals surface area contributed by atoms with E-state index in [2.05, 4.69) is 46.2 Å². The van der Waals surface area contributed by atoms with Crippen LogP contribution in [0.3, 0.4) is 0 Å². The van der Waals surface area contributed by atoms with Crippen molar-refractivity contribution in [1.82, 2.24) is 9.80 Å². The summed E-state index contributed by atoms with van der Waals surface area (Å²) in [5.74, 6) is 5.81. The van der Waals surface area contributed by atoms with Crippen LogP contribution in [0.1, 0.15) is 131 Å². The van der Waals surface area contributed by atoms with Gasteiger partial charge in [0.05, 0.1) is 13.2 Å². The lowest BCUT2D eigenvalue weighted by atomic mass is 9.52. The molecule has 6 fully saturated rings.